The average Bonchev–Trinajstić information content (AvgIpc) is 2.72. The summed E-state index contributed by atoms with van der Waals surface area (Å²) in [6.45, 7) is 3.05. The van der Waals surface area contributed by atoms with E-state index in [4.69, 9.17) is 0 Å². The van der Waals surface area contributed by atoms with Crippen LogP contribution in [0.25, 0.3) is 0 Å². The Morgan fingerprint density at radius 3 is 1.59 bits per heavy atom. The van der Waals surface area contributed by atoms with Gasteiger partial charge in [0, 0.05) is 26.2 Å². The van der Waals surface area contributed by atoms with E-state index in [-0.39, 0.29) is 11.9 Å². The van der Waals surface area contributed by atoms with Gasteiger partial charge in [-0.05, 0) is 16.7 Å². The lowest BCUT2D eigenvalue weighted by Gasteiger charge is -2.44. The zero-order valence-electron chi connectivity index (χ0n) is 15.4. The number of β-lactam (4-membered cyclic amide) rings is 1. The highest BCUT2D eigenvalue weighted by Crippen LogP contribution is 2.23. The monoisotopic (exact) mass is 356 g/mol. The van der Waals surface area contributed by atoms with Crippen LogP contribution in [0.1, 0.15) is 16.7 Å². The van der Waals surface area contributed by atoms with E-state index >= 15 is 0 Å². The van der Waals surface area contributed by atoms with Gasteiger partial charge < -0.3 is 4.90 Å². The van der Waals surface area contributed by atoms with Crippen LogP contribution in [0.3, 0.4) is 0 Å². The fourth-order valence-corrected chi connectivity index (χ4v) is 3.61. The Labute approximate surface area is 160 Å². The van der Waals surface area contributed by atoms with Gasteiger partial charge in [-0.2, -0.15) is 0 Å². The SMILES string of the molecule is O=C1C(N(Cc2ccccc2)Cc2ccccc2)CN1Cc1ccccc1. The number of nitrogens with zero attached hydrogens (tertiary/aromatic N) is 2. The molecule has 0 aromatic heterocycles. The van der Waals surface area contributed by atoms with Gasteiger partial charge in [0.15, 0.2) is 0 Å². The first kappa shape index (κ1) is 17.5. The predicted octanol–water partition coefficient (Wildman–Crippen LogP) is 4.10. The Morgan fingerprint density at radius 2 is 1.15 bits per heavy atom. The second-order valence-electron chi connectivity index (χ2n) is 7.10. The molecule has 1 atom stereocenters. The summed E-state index contributed by atoms with van der Waals surface area (Å²) in [6, 6.07) is 30.9. The van der Waals surface area contributed by atoms with Crippen LogP contribution < -0.4 is 0 Å². The lowest BCUT2D eigenvalue weighted by Crippen LogP contribution is -2.62. The molecule has 136 valence electrons. The van der Waals surface area contributed by atoms with Crippen LogP contribution in [-0.4, -0.2) is 28.3 Å². The molecule has 4 rings (SSSR count). The molecule has 0 aliphatic carbocycles. The smallest absolute Gasteiger partial charge is 0.242 e. The molecule has 0 N–H and O–H groups in total. The van der Waals surface area contributed by atoms with Gasteiger partial charge in [0.2, 0.25) is 5.91 Å². The van der Waals surface area contributed by atoms with E-state index in [0.29, 0.717) is 6.54 Å². The number of benzene rings is 3. The quantitative estimate of drug-likeness (QED) is 0.595. The molecule has 3 heteroatoms. The van der Waals surface area contributed by atoms with Crippen molar-refractivity contribution >= 4 is 5.91 Å². The molecule has 1 heterocycles. The summed E-state index contributed by atoms with van der Waals surface area (Å²) in [4.78, 5) is 17.1. The van der Waals surface area contributed by atoms with Crippen LogP contribution in [0, 0.1) is 0 Å². The summed E-state index contributed by atoms with van der Waals surface area (Å²) in [5.74, 6) is 0.228. The van der Waals surface area contributed by atoms with E-state index in [1.165, 1.54) is 16.7 Å². The van der Waals surface area contributed by atoms with Crippen molar-refractivity contribution in [1.82, 2.24) is 9.80 Å². The summed E-state index contributed by atoms with van der Waals surface area (Å²) in [6.07, 6.45) is 0. The van der Waals surface area contributed by atoms with Gasteiger partial charge in [0.05, 0.1) is 0 Å². The maximum Gasteiger partial charge on any atom is 0.242 e. The van der Waals surface area contributed by atoms with Crippen LogP contribution in [0.4, 0.5) is 0 Å². The molecule has 1 aliphatic heterocycles. The van der Waals surface area contributed by atoms with Gasteiger partial charge in [0.1, 0.15) is 6.04 Å². The zero-order chi connectivity index (χ0) is 18.5. The summed E-state index contributed by atoms with van der Waals surface area (Å²) in [5.41, 5.74) is 3.66. The molecule has 1 unspecified atom stereocenters. The van der Waals surface area contributed by atoms with Crippen molar-refractivity contribution in [2.45, 2.75) is 25.7 Å². The molecular formula is C24H24N2O. The molecular weight excluding hydrogens is 332 g/mol. The van der Waals surface area contributed by atoms with Gasteiger partial charge in [0.25, 0.3) is 0 Å². The van der Waals surface area contributed by atoms with E-state index in [1.54, 1.807) is 0 Å². The van der Waals surface area contributed by atoms with Crippen LogP contribution in [-0.2, 0) is 24.4 Å². The molecule has 27 heavy (non-hydrogen) atoms. The second-order valence-corrected chi connectivity index (χ2v) is 7.10. The normalized spacial score (nSPS) is 16.4. The Balaban J connectivity index is 1.46. The van der Waals surface area contributed by atoms with E-state index in [0.717, 1.165) is 19.6 Å². The standard InChI is InChI=1S/C24H24N2O/c27-24-23(19-26(24)18-22-14-8-3-9-15-22)25(16-20-10-4-1-5-11-20)17-21-12-6-2-7-13-21/h1-15,23H,16-19H2. The topological polar surface area (TPSA) is 23.6 Å². The lowest BCUT2D eigenvalue weighted by molar-refractivity contribution is -0.152. The molecule has 1 aliphatic rings. The molecule has 0 saturated carbocycles. The van der Waals surface area contributed by atoms with Crippen molar-refractivity contribution in [2.75, 3.05) is 6.54 Å². The van der Waals surface area contributed by atoms with E-state index < -0.39 is 0 Å². The molecule has 1 saturated heterocycles. The van der Waals surface area contributed by atoms with Crippen molar-refractivity contribution in [3.63, 3.8) is 0 Å². The minimum atomic E-state index is -0.0471. The molecule has 0 bridgehead atoms. The zero-order valence-corrected chi connectivity index (χ0v) is 15.4. The Bertz CT molecular complexity index is 823. The fourth-order valence-electron chi connectivity index (χ4n) is 3.61. The van der Waals surface area contributed by atoms with Gasteiger partial charge in [-0.3, -0.25) is 9.69 Å². The summed E-state index contributed by atoms with van der Waals surface area (Å²) in [7, 11) is 0. The number of amides is 1. The van der Waals surface area contributed by atoms with Gasteiger partial charge in [-0.15, -0.1) is 0 Å². The Kier molecular flexibility index (Phi) is 5.31. The Morgan fingerprint density at radius 1 is 0.704 bits per heavy atom. The number of hydrogen-bond donors (Lipinski definition) is 0. The first-order valence-electron chi connectivity index (χ1n) is 9.44. The highest BCUT2D eigenvalue weighted by atomic mass is 16.2. The van der Waals surface area contributed by atoms with Crippen molar-refractivity contribution in [3.8, 4) is 0 Å². The molecule has 3 nitrogen and oxygen atoms in total. The van der Waals surface area contributed by atoms with Crippen LogP contribution in [0.2, 0.25) is 0 Å². The lowest BCUT2D eigenvalue weighted by atomic mass is 10.0. The number of hydrogen-bond acceptors (Lipinski definition) is 2. The van der Waals surface area contributed by atoms with Gasteiger partial charge >= 0.3 is 0 Å². The largest absolute Gasteiger partial charge is 0.335 e. The second kappa shape index (κ2) is 8.19. The van der Waals surface area contributed by atoms with Crippen LogP contribution in [0.5, 0.6) is 0 Å². The van der Waals surface area contributed by atoms with E-state index in [9.17, 15) is 4.79 Å². The van der Waals surface area contributed by atoms with E-state index in [2.05, 4.69) is 65.6 Å². The van der Waals surface area contributed by atoms with Crippen molar-refractivity contribution in [2.24, 2.45) is 0 Å². The third-order valence-electron chi connectivity index (χ3n) is 5.10. The van der Waals surface area contributed by atoms with Crippen molar-refractivity contribution in [1.29, 1.82) is 0 Å². The minimum absolute atomic E-state index is 0.0471. The first-order valence-corrected chi connectivity index (χ1v) is 9.44. The van der Waals surface area contributed by atoms with Gasteiger partial charge in [-0.1, -0.05) is 91.0 Å². The van der Waals surface area contributed by atoms with Crippen molar-refractivity contribution in [3.05, 3.63) is 108 Å². The fraction of sp³-hybridized carbons (Fsp3) is 0.208. The van der Waals surface area contributed by atoms with E-state index in [1.807, 2.05) is 35.2 Å². The maximum atomic E-state index is 12.9. The Hall–Kier alpha value is -2.91. The summed E-state index contributed by atoms with van der Waals surface area (Å²) < 4.78 is 0. The average molecular weight is 356 g/mol. The third-order valence-corrected chi connectivity index (χ3v) is 5.10. The molecule has 3 aromatic carbocycles. The summed E-state index contributed by atoms with van der Waals surface area (Å²) in [5, 5.41) is 0. The number of likely N-dealkylation sites (tertiary alicyclic amines) is 1. The van der Waals surface area contributed by atoms with Gasteiger partial charge in [-0.25, -0.2) is 0 Å². The summed E-state index contributed by atoms with van der Waals surface area (Å²) >= 11 is 0. The predicted molar refractivity (Wildman–Crippen MR) is 108 cm³/mol. The molecule has 0 radical (unpaired) electrons. The highest BCUT2D eigenvalue weighted by molar-refractivity contribution is 5.87. The number of rotatable bonds is 7. The van der Waals surface area contributed by atoms with Crippen LogP contribution in [0.15, 0.2) is 91.0 Å². The first-order chi connectivity index (χ1) is 13.3. The third kappa shape index (κ3) is 4.26. The molecule has 1 amide bonds. The number of carbonyl (C=O) groups is 1. The minimum Gasteiger partial charge on any atom is -0.335 e. The maximum absolute atomic E-state index is 12.9. The molecule has 1 fully saturated rings. The molecule has 3 aromatic rings. The number of carbonyl (C=O) groups excluding carboxylic acids is 1. The van der Waals surface area contributed by atoms with Crippen molar-refractivity contribution < 1.29 is 4.79 Å². The highest BCUT2D eigenvalue weighted by Gasteiger charge is 2.40. The van der Waals surface area contributed by atoms with Crippen LogP contribution >= 0.6 is 0 Å². The molecule has 0 spiro atoms.